The maximum Gasteiger partial charge on any atom is 0.141 e. The highest BCUT2D eigenvalue weighted by molar-refractivity contribution is 6.36. The van der Waals surface area contributed by atoms with Gasteiger partial charge < -0.3 is 10.5 Å². The van der Waals surface area contributed by atoms with Gasteiger partial charge in [0, 0.05) is 16.2 Å². The van der Waals surface area contributed by atoms with Crippen LogP contribution in [0.4, 0.5) is 0 Å². The number of halogens is 2. The number of pyridine rings is 1. The van der Waals surface area contributed by atoms with Crippen molar-refractivity contribution >= 4 is 23.2 Å². The van der Waals surface area contributed by atoms with Gasteiger partial charge in [0.25, 0.3) is 0 Å². The molecule has 0 spiro atoms. The maximum atomic E-state index is 6.18. The minimum absolute atomic E-state index is 0.325. The van der Waals surface area contributed by atoms with Gasteiger partial charge in [-0.1, -0.05) is 29.3 Å². The average molecular weight is 297 g/mol. The van der Waals surface area contributed by atoms with Crippen LogP contribution in [0.25, 0.3) is 0 Å². The molecule has 3 nitrogen and oxygen atoms in total. The summed E-state index contributed by atoms with van der Waals surface area (Å²) >= 11 is 12.3. The third kappa shape index (κ3) is 3.18. The van der Waals surface area contributed by atoms with Crippen LogP contribution >= 0.6 is 23.2 Å². The van der Waals surface area contributed by atoms with Gasteiger partial charge in [-0.15, -0.1) is 0 Å². The highest BCUT2D eigenvalue weighted by atomic mass is 35.5. The van der Waals surface area contributed by atoms with Gasteiger partial charge in [0.15, 0.2) is 0 Å². The number of ether oxygens (including phenoxy) is 1. The Balaban J connectivity index is 2.28. The zero-order valence-corrected chi connectivity index (χ0v) is 11.9. The van der Waals surface area contributed by atoms with E-state index in [-0.39, 0.29) is 6.04 Å². The van der Waals surface area contributed by atoms with Gasteiger partial charge in [-0.2, -0.15) is 0 Å². The summed E-state index contributed by atoms with van der Waals surface area (Å²) in [7, 11) is 1.59. The zero-order chi connectivity index (χ0) is 13.8. The number of methoxy groups -OCH3 is 1. The number of hydrogen-bond acceptors (Lipinski definition) is 3. The molecule has 0 saturated carbocycles. The van der Waals surface area contributed by atoms with Crippen molar-refractivity contribution in [3.05, 3.63) is 57.8 Å². The fourth-order valence-electron chi connectivity index (χ4n) is 1.90. The first-order chi connectivity index (χ1) is 9.13. The summed E-state index contributed by atoms with van der Waals surface area (Å²) in [5, 5.41) is 1.22. The summed E-state index contributed by atoms with van der Waals surface area (Å²) in [6, 6.07) is 8.71. The SMILES string of the molecule is COc1cccnc1C(N)Cc1c(Cl)cccc1Cl. The molecular weight excluding hydrogens is 283 g/mol. The van der Waals surface area contributed by atoms with Crippen LogP contribution in [0.5, 0.6) is 5.75 Å². The lowest BCUT2D eigenvalue weighted by molar-refractivity contribution is 0.401. The van der Waals surface area contributed by atoms with Crippen molar-refractivity contribution in [2.24, 2.45) is 5.73 Å². The lowest BCUT2D eigenvalue weighted by atomic mass is 10.0. The van der Waals surface area contributed by atoms with Gasteiger partial charge in [0.2, 0.25) is 0 Å². The molecule has 1 unspecified atom stereocenters. The Labute approximate surface area is 122 Å². The first-order valence-corrected chi connectivity index (χ1v) is 6.56. The Morgan fingerprint density at radius 1 is 1.21 bits per heavy atom. The number of hydrogen-bond donors (Lipinski definition) is 1. The van der Waals surface area contributed by atoms with E-state index in [0.29, 0.717) is 27.9 Å². The van der Waals surface area contributed by atoms with Gasteiger partial charge in [-0.05, 0) is 36.2 Å². The summed E-state index contributed by atoms with van der Waals surface area (Å²) in [6.07, 6.45) is 2.19. The first kappa shape index (κ1) is 14.1. The maximum absolute atomic E-state index is 6.18. The third-order valence-electron chi connectivity index (χ3n) is 2.86. The van der Waals surface area contributed by atoms with Crippen LogP contribution in [0.2, 0.25) is 10.0 Å². The highest BCUT2D eigenvalue weighted by Gasteiger charge is 2.16. The monoisotopic (exact) mass is 296 g/mol. The number of rotatable bonds is 4. The largest absolute Gasteiger partial charge is 0.495 e. The quantitative estimate of drug-likeness (QED) is 0.937. The van der Waals surface area contributed by atoms with Crippen LogP contribution in [-0.4, -0.2) is 12.1 Å². The first-order valence-electron chi connectivity index (χ1n) is 5.81. The molecule has 1 aromatic carbocycles. The predicted octanol–water partition coefficient (Wildman–Crippen LogP) is 3.64. The van der Waals surface area contributed by atoms with E-state index in [4.69, 9.17) is 33.7 Å². The van der Waals surface area contributed by atoms with Gasteiger partial charge in [-0.3, -0.25) is 4.98 Å². The van der Waals surface area contributed by atoms with Crippen LogP contribution in [-0.2, 0) is 6.42 Å². The van der Waals surface area contributed by atoms with Crippen molar-refractivity contribution in [2.75, 3.05) is 7.11 Å². The Hall–Kier alpha value is -1.29. The number of aromatic nitrogens is 1. The summed E-state index contributed by atoms with van der Waals surface area (Å²) in [5.41, 5.74) is 7.70. The van der Waals surface area contributed by atoms with Crippen LogP contribution in [0.3, 0.4) is 0 Å². The van der Waals surface area contributed by atoms with Gasteiger partial charge in [0.05, 0.1) is 18.8 Å². The van der Waals surface area contributed by atoms with Crippen LogP contribution in [0.15, 0.2) is 36.5 Å². The standard InChI is InChI=1S/C14H14Cl2N2O/c1-19-13-6-3-7-18-14(13)12(17)8-9-10(15)4-2-5-11(9)16/h2-7,12H,8,17H2,1H3. The van der Waals surface area contributed by atoms with Crippen LogP contribution in [0.1, 0.15) is 17.3 Å². The Kier molecular flexibility index (Phi) is 4.64. The molecule has 100 valence electrons. The molecule has 2 rings (SSSR count). The van der Waals surface area contributed by atoms with Gasteiger partial charge in [0.1, 0.15) is 5.75 Å². The molecule has 2 N–H and O–H groups in total. The molecule has 0 bridgehead atoms. The molecule has 0 radical (unpaired) electrons. The Morgan fingerprint density at radius 3 is 2.53 bits per heavy atom. The smallest absolute Gasteiger partial charge is 0.141 e. The van der Waals surface area contributed by atoms with Crippen LogP contribution in [0, 0.1) is 0 Å². The van der Waals surface area contributed by atoms with E-state index >= 15 is 0 Å². The summed E-state index contributed by atoms with van der Waals surface area (Å²) < 4.78 is 5.26. The molecule has 1 heterocycles. The summed E-state index contributed by atoms with van der Waals surface area (Å²) in [4.78, 5) is 4.27. The molecule has 0 saturated heterocycles. The molecule has 1 atom stereocenters. The van der Waals surface area contributed by atoms with E-state index < -0.39 is 0 Å². The Morgan fingerprint density at radius 2 is 1.89 bits per heavy atom. The van der Waals surface area contributed by atoms with E-state index in [1.54, 1.807) is 37.6 Å². The van der Waals surface area contributed by atoms with E-state index in [9.17, 15) is 0 Å². The van der Waals surface area contributed by atoms with E-state index in [1.807, 2.05) is 6.07 Å². The second-order valence-electron chi connectivity index (χ2n) is 4.10. The van der Waals surface area contributed by atoms with E-state index in [0.717, 1.165) is 5.56 Å². The summed E-state index contributed by atoms with van der Waals surface area (Å²) in [6.45, 7) is 0. The molecule has 2 aromatic rings. The molecule has 19 heavy (non-hydrogen) atoms. The topological polar surface area (TPSA) is 48.1 Å². The minimum atomic E-state index is -0.325. The fourth-order valence-corrected chi connectivity index (χ4v) is 2.45. The number of nitrogens with two attached hydrogens (primary N) is 1. The molecule has 0 aliphatic rings. The normalized spacial score (nSPS) is 12.2. The average Bonchev–Trinajstić information content (AvgIpc) is 2.42. The lowest BCUT2D eigenvalue weighted by Gasteiger charge is -2.16. The Bertz CT molecular complexity index is 555. The minimum Gasteiger partial charge on any atom is -0.495 e. The molecule has 0 amide bonds. The second-order valence-corrected chi connectivity index (χ2v) is 4.92. The van der Waals surface area contributed by atoms with Crippen LogP contribution < -0.4 is 10.5 Å². The van der Waals surface area contributed by atoms with Gasteiger partial charge in [-0.25, -0.2) is 0 Å². The fraction of sp³-hybridized carbons (Fsp3) is 0.214. The molecule has 1 aromatic heterocycles. The molecule has 5 heteroatoms. The number of nitrogens with zero attached hydrogens (tertiary/aromatic N) is 1. The second kappa shape index (κ2) is 6.24. The lowest BCUT2D eigenvalue weighted by Crippen LogP contribution is -2.16. The van der Waals surface area contributed by atoms with Crippen molar-refractivity contribution in [3.63, 3.8) is 0 Å². The van der Waals surface area contributed by atoms with Crippen molar-refractivity contribution in [1.82, 2.24) is 4.98 Å². The highest BCUT2D eigenvalue weighted by Crippen LogP contribution is 2.30. The van der Waals surface area contributed by atoms with E-state index in [2.05, 4.69) is 4.98 Å². The molecule has 0 fully saturated rings. The number of benzene rings is 1. The summed E-state index contributed by atoms with van der Waals surface area (Å²) in [5.74, 6) is 0.665. The predicted molar refractivity (Wildman–Crippen MR) is 77.9 cm³/mol. The molecular formula is C14H14Cl2N2O. The van der Waals surface area contributed by atoms with Crippen molar-refractivity contribution < 1.29 is 4.74 Å². The molecule has 0 aliphatic carbocycles. The zero-order valence-electron chi connectivity index (χ0n) is 10.4. The molecule has 0 aliphatic heterocycles. The van der Waals surface area contributed by atoms with Crippen molar-refractivity contribution in [3.8, 4) is 5.75 Å². The third-order valence-corrected chi connectivity index (χ3v) is 3.56. The van der Waals surface area contributed by atoms with Crippen molar-refractivity contribution in [1.29, 1.82) is 0 Å². The van der Waals surface area contributed by atoms with Gasteiger partial charge >= 0.3 is 0 Å². The van der Waals surface area contributed by atoms with Crippen molar-refractivity contribution in [2.45, 2.75) is 12.5 Å². The van der Waals surface area contributed by atoms with E-state index in [1.165, 1.54) is 0 Å².